The van der Waals surface area contributed by atoms with Gasteiger partial charge in [-0.1, -0.05) is 53.5 Å². The number of benzene rings is 2. The summed E-state index contributed by atoms with van der Waals surface area (Å²) in [6.07, 6.45) is -0.916. The molecule has 0 spiro atoms. The number of hydrogen-bond acceptors (Lipinski definition) is 3. The van der Waals surface area contributed by atoms with Crippen molar-refractivity contribution in [2.75, 3.05) is 0 Å². The molecule has 0 aliphatic heterocycles. The van der Waals surface area contributed by atoms with Gasteiger partial charge in [0, 0.05) is 6.54 Å². The second kappa shape index (κ2) is 7.99. The first-order valence-electron chi connectivity index (χ1n) is 6.95. The second-order valence-electron chi connectivity index (χ2n) is 4.88. The normalized spacial score (nSPS) is 11.6. The molecule has 2 aromatic rings. The molecule has 120 valence electrons. The summed E-state index contributed by atoms with van der Waals surface area (Å²) < 4.78 is 5.13. The molecule has 23 heavy (non-hydrogen) atoms. The Kier molecular flexibility index (Phi) is 6.02. The van der Waals surface area contributed by atoms with Gasteiger partial charge in [-0.05, 0) is 30.7 Å². The third-order valence-electron chi connectivity index (χ3n) is 3.12. The maximum atomic E-state index is 12.0. The molecule has 4 nitrogen and oxygen atoms in total. The largest absolute Gasteiger partial charge is 0.449 e. The van der Waals surface area contributed by atoms with Gasteiger partial charge in [0.2, 0.25) is 0 Å². The fraction of sp³-hybridized carbons (Fsp3) is 0.176. The van der Waals surface area contributed by atoms with E-state index < -0.39 is 12.1 Å². The standard InChI is InChI=1S/C17H15Cl2NO3/c1-11(16(21)20-10-12-5-3-2-4-6-12)23-17(22)13-7-8-14(18)15(19)9-13/h2-9,11H,10H2,1H3,(H,20,21)/t11-/m0/s1. The number of nitrogens with one attached hydrogen (secondary N) is 1. The summed E-state index contributed by atoms with van der Waals surface area (Å²) in [5.74, 6) is -1.01. The molecule has 0 bridgehead atoms. The van der Waals surface area contributed by atoms with Gasteiger partial charge in [-0.15, -0.1) is 0 Å². The molecule has 0 saturated carbocycles. The quantitative estimate of drug-likeness (QED) is 0.832. The summed E-state index contributed by atoms with van der Waals surface area (Å²) in [5.41, 5.74) is 1.20. The highest BCUT2D eigenvalue weighted by molar-refractivity contribution is 6.42. The van der Waals surface area contributed by atoms with Crippen molar-refractivity contribution in [2.45, 2.75) is 19.6 Å². The van der Waals surface area contributed by atoms with Gasteiger partial charge in [-0.25, -0.2) is 4.79 Å². The van der Waals surface area contributed by atoms with Gasteiger partial charge < -0.3 is 10.1 Å². The maximum Gasteiger partial charge on any atom is 0.338 e. The summed E-state index contributed by atoms with van der Waals surface area (Å²) in [6.45, 7) is 1.88. The lowest BCUT2D eigenvalue weighted by atomic mass is 10.2. The molecule has 1 N–H and O–H groups in total. The SMILES string of the molecule is C[C@H](OC(=O)c1ccc(Cl)c(Cl)c1)C(=O)NCc1ccccc1. The summed E-state index contributed by atoms with van der Waals surface area (Å²) in [6, 6.07) is 13.9. The number of halogens is 2. The smallest absolute Gasteiger partial charge is 0.338 e. The van der Waals surface area contributed by atoms with Crippen molar-refractivity contribution >= 4 is 35.1 Å². The molecule has 0 radical (unpaired) electrons. The Labute approximate surface area is 144 Å². The monoisotopic (exact) mass is 351 g/mol. The number of amides is 1. The minimum atomic E-state index is -0.916. The molecule has 2 rings (SSSR count). The summed E-state index contributed by atoms with van der Waals surface area (Å²) in [5, 5.41) is 3.31. The molecule has 0 aliphatic carbocycles. The number of ether oxygens (including phenoxy) is 1. The van der Waals surface area contributed by atoms with E-state index in [2.05, 4.69) is 5.32 Å². The van der Waals surface area contributed by atoms with E-state index in [1.54, 1.807) is 0 Å². The van der Waals surface area contributed by atoms with E-state index in [1.165, 1.54) is 25.1 Å². The molecule has 6 heteroatoms. The highest BCUT2D eigenvalue weighted by Crippen LogP contribution is 2.23. The van der Waals surface area contributed by atoms with E-state index in [0.717, 1.165) is 5.56 Å². The van der Waals surface area contributed by atoms with Crippen LogP contribution in [0.2, 0.25) is 10.0 Å². The van der Waals surface area contributed by atoms with Crippen molar-refractivity contribution in [3.05, 3.63) is 69.7 Å². The summed E-state index contributed by atoms with van der Waals surface area (Å²) in [4.78, 5) is 24.0. The molecule has 1 amide bonds. The lowest BCUT2D eigenvalue weighted by Gasteiger charge is -2.14. The highest BCUT2D eigenvalue weighted by Gasteiger charge is 2.19. The minimum absolute atomic E-state index is 0.238. The second-order valence-corrected chi connectivity index (χ2v) is 5.69. The lowest BCUT2D eigenvalue weighted by Crippen LogP contribution is -2.35. The van der Waals surface area contributed by atoms with E-state index in [9.17, 15) is 9.59 Å². The van der Waals surface area contributed by atoms with Gasteiger partial charge in [0.15, 0.2) is 6.10 Å². The van der Waals surface area contributed by atoms with E-state index in [4.69, 9.17) is 27.9 Å². The number of carbonyl (C=O) groups is 2. The first-order chi connectivity index (χ1) is 11.0. The van der Waals surface area contributed by atoms with Crippen molar-refractivity contribution < 1.29 is 14.3 Å². The van der Waals surface area contributed by atoms with Crippen molar-refractivity contribution in [1.29, 1.82) is 0 Å². The summed E-state index contributed by atoms with van der Waals surface area (Å²) in [7, 11) is 0. The average Bonchev–Trinajstić information content (AvgIpc) is 2.55. The van der Waals surface area contributed by atoms with Crippen molar-refractivity contribution in [3.63, 3.8) is 0 Å². The predicted octanol–water partition coefficient (Wildman–Crippen LogP) is 3.86. The molecular formula is C17H15Cl2NO3. The molecule has 0 aliphatic rings. The molecule has 0 saturated heterocycles. The minimum Gasteiger partial charge on any atom is -0.449 e. The Morgan fingerprint density at radius 2 is 1.78 bits per heavy atom. The lowest BCUT2D eigenvalue weighted by molar-refractivity contribution is -0.129. The van der Waals surface area contributed by atoms with Crippen LogP contribution >= 0.6 is 23.2 Å². The zero-order valence-electron chi connectivity index (χ0n) is 12.4. The van der Waals surface area contributed by atoms with E-state index in [0.29, 0.717) is 11.6 Å². The number of hydrogen-bond donors (Lipinski definition) is 1. The van der Waals surface area contributed by atoms with Gasteiger partial charge >= 0.3 is 5.97 Å². The Hall–Kier alpha value is -2.04. The van der Waals surface area contributed by atoms with Crippen LogP contribution in [-0.2, 0) is 16.1 Å². The van der Waals surface area contributed by atoms with Crippen molar-refractivity contribution in [2.24, 2.45) is 0 Å². The third-order valence-corrected chi connectivity index (χ3v) is 3.86. The number of rotatable bonds is 5. The van der Waals surface area contributed by atoms with Crippen LogP contribution in [0.1, 0.15) is 22.8 Å². The van der Waals surface area contributed by atoms with Gasteiger partial charge in [0.05, 0.1) is 15.6 Å². The van der Waals surface area contributed by atoms with E-state index >= 15 is 0 Å². The van der Waals surface area contributed by atoms with Gasteiger partial charge in [-0.3, -0.25) is 4.79 Å². The molecular weight excluding hydrogens is 337 g/mol. The maximum absolute atomic E-state index is 12.0. The molecule has 0 heterocycles. The first-order valence-corrected chi connectivity index (χ1v) is 7.70. The van der Waals surface area contributed by atoms with Crippen molar-refractivity contribution in [3.8, 4) is 0 Å². The fourth-order valence-electron chi connectivity index (χ4n) is 1.83. The Morgan fingerprint density at radius 3 is 2.43 bits per heavy atom. The van der Waals surface area contributed by atoms with E-state index in [-0.39, 0.29) is 16.5 Å². The average molecular weight is 352 g/mol. The predicted molar refractivity (Wildman–Crippen MR) is 89.6 cm³/mol. The van der Waals surface area contributed by atoms with Crippen LogP contribution in [0.5, 0.6) is 0 Å². The molecule has 0 unspecified atom stereocenters. The Bertz CT molecular complexity index is 704. The van der Waals surface area contributed by atoms with Crippen LogP contribution in [-0.4, -0.2) is 18.0 Å². The highest BCUT2D eigenvalue weighted by atomic mass is 35.5. The van der Waals surface area contributed by atoms with Gasteiger partial charge in [0.1, 0.15) is 0 Å². The van der Waals surface area contributed by atoms with Crippen LogP contribution in [0.25, 0.3) is 0 Å². The number of carbonyl (C=O) groups excluding carboxylic acids is 2. The number of esters is 1. The van der Waals surface area contributed by atoms with E-state index in [1.807, 2.05) is 30.3 Å². The van der Waals surface area contributed by atoms with Gasteiger partial charge in [-0.2, -0.15) is 0 Å². The van der Waals surface area contributed by atoms with Crippen LogP contribution in [0, 0.1) is 0 Å². The Morgan fingerprint density at radius 1 is 1.09 bits per heavy atom. The van der Waals surface area contributed by atoms with Crippen LogP contribution in [0.4, 0.5) is 0 Å². The zero-order chi connectivity index (χ0) is 16.8. The van der Waals surface area contributed by atoms with Crippen molar-refractivity contribution in [1.82, 2.24) is 5.32 Å². The molecule has 1 atom stereocenters. The fourth-order valence-corrected chi connectivity index (χ4v) is 2.13. The molecule has 0 aromatic heterocycles. The summed E-state index contributed by atoms with van der Waals surface area (Å²) >= 11 is 11.6. The molecule has 0 fully saturated rings. The molecule has 2 aromatic carbocycles. The third kappa shape index (κ3) is 4.98. The van der Waals surface area contributed by atoms with Crippen LogP contribution in [0.3, 0.4) is 0 Å². The van der Waals surface area contributed by atoms with Crippen LogP contribution in [0.15, 0.2) is 48.5 Å². The van der Waals surface area contributed by atoms with Crippen LogP contribution < -0.4 is 5.32 Å². The Balaban J connectivity index is 1.89. The zero-order valence-corrected chi connectivity index (χ0v) is 13.9. The topological polar surface area (TPSA) is 55.4 Å². The first kappa shape index (κ1) is 17.3. The van der Waals surface area contributed by atoms with Gasteiger partial charge in [0.25, 0.3) is 5.91 Å².